The normalized spacial score (nSPS) is 15.1. The molecule has 1 fully saturated rings. The van der Waals surface area contributed by atoms with Crippen molar-refractivity contribution >= 4 is 49.9 Å². The molecule has 1 saturated carbocycles. The lowest BCUT2D eigenvalue weighted by Gasteiger charge is -2.21. The molecule has 0 radical (unpaired) electrons. The molecule has 3 aromatic heterocycles. The van der Waals surface area contributed by atoms with Crippen molar-refractivity contribution in [2.45, 2.75) is 58.1 Å². The van der Waals surface area contributed by atoms with Gasteiger partial charge in [-0.3, -0.25) is 14.2 Å². The number of carbonyl (C=O) groups is 2. The average molecular weight is 523 g/mol. The van der Waals surface area contributed by atoms with Crippen molar-refractivity contribution < 1.29 is 14.3 Å². The minimum absolute atomic E-state index is 0.0718. The number of amides is 1. The van der Waals surface area contributed by atoms with Crippen LogP contribution < -0.4 is 10.9 Å². The largest absolute Gasteiger partial charge is 0.458 e. The number of rotatable bonds is 6. The predicted molar refractivity (Wildman–Crippen MR) is 142 cm³/mol. The van der Waals surface area contributed by atoms with Crippen molar-refractivity contribution in [1.82, 2.24) is 14.5 Å². The van der Waals surface area contributed by atoms with E-state index in [0.29, 0.717) is 25.8 Å². The van der Waals surface area contributed by atoms with Crippen LogP contribution in [0.4, 0.5) is 5.13 Å². The number of nitrogens with one attached hydrogen (secondary N) is 1. The molecule has 1 aromatic carbocycles. The Balaban J connectivity index is 1.35. The number of thiazole rings is 1. The summed E-state index contributed by atoms with van der Waals surface area (Å²) in [6.07, 6.45) is 6.32. The van der Waals surface area contributed by atoms with E-state index in [9.17, 15) is 14.4 Å². The zero-order chi connectivity index (χ0) is 25.2. The molecule has 186 valence electrons. The number of anilines is 1. The average Bonchev–Trinajstić information content (AvgIpc) is 3.50. The van der Waals surface area contributed by atoms with Crippen LogP contribution in [0, 0.1) is 6.92 Å². The first-order valence-electron chi connectivity index (χ1n) is 12.0. The topological polar surface area (TPSA) is 103 Å². The lowest BCUT2D eigenvalue weighted by atomic mass is 9.98. The van der Waals surface area contributed by atoms with Crippen LogP contribution in [0.15, 0.2) is 46.8 Å². The Morgan fingerprint density at radius 2 is 1.92 bits per heavy atom. The first kappa shape index (κ1) is 24.3. The molecule has 0 saturated heterocycles. The van der Waals surface area contributed by atoms with E-state index in [4.69, 9.17) is 4.74 Å². The molecule has 1 aliphatic rings. The van der Waals surface area contributed by atoms with Crippen LogP contribution in [0.1, 0.15) is 60.3 Å². The molecule has 36 heavy (non-hydrogen) atoms. The van der Waals surface area contributed by atoms with Gasteiger partial charge in [-0.1, -0.05) is 36.8 Å². The molecule has 4 aromatic rings. The van der Waals surface area contributed by atoms with Crippen molar-refractivity contribution in [2.75, 3.05) is 5.32 Å². The summed E-state index contributed by atoms with van der Waals surface area (Å²) in [5, 5.41) is 5.47. The molecule has 1 atom stereocenters. The third kappa shape index (κ3) is 4.83. The minimum atomic E-state index is -0.824. The maximum absolute atomic E-state index is 13.3. The van der Waals surface area contributed by atoms with Gasteiger partial charge in [0.2, 0.25) is 5.91 Å². The first-order chi connectivity index (χ1) is 17.4. The molecule has 0 spiro atoms. The molecule has 1 aliphatic carbocycles. The van der Waals surface area contributed by atoms with Gasteiger partial charge in [-0.25, -0.2) is 14.8 Å². The van der Waals surface area contributed by atoms with Crippen molar-refractivity contribution in [3.63, 3.8) is 0 Å². The Kier molecular flexibility index (Phi) is 6.97. The fraction of sp³-hybridized carbons (Fsp3) is 0.346. The van der Waals surface area contributed by atoms with Gasteiger partial charge in [0.25, 0.3) is 5.56 Å². The second-order valence-electron chi connectivity index (χ2n) is 8.93. The first-order valence-corrected chi connectivity index (χ1v) is 13.6. The molecule has 1 N–H and O–H groups in total. The van der Waals surface area contributed by atoms with E-state index in [0.717, 1.165) is 48.3 Å². The molecule has 0 bridgehead atoms. The Morgan fingerprint density at radius 1 is 1.17 bits per heavy atom. The maximum Gasteiger partial charge on any atom is 0.348 e. The number of esters is 1. The number of aromatic nitrogens is 3. The number of ether oxygens (including phenoxy) is 1. The standard InChI is InChI=1S/C26H26N4O4S2/c1-15-20-23(36-21(15)25(33)34-18-11-7-4-8-12-18)27-14-30(24(20)32)16(2)22(31)29-26-28-19(13-35-26)17-9-5-3-6-10-17/h3,5-6,9-10,13-14,16,18H,4,7-8,11-12H2,1-2H3,(H,28,29,31). The van der Waals surface area contributed by atoms with Crippen LogP contribution in [-0.4, -0.2) is 32.5 Å². The van der Waals surface area contributed by atoms with Gasteiger partial charge in [-0.2, -0.15) is 0 Å². The summed E-state index contributed by atoms with van der Waals surface area (Å²) >= 11 is 2.48. The second-order valence-corrected chi connectivity index (χ2v) is 10.8. The number of hydrogen-bond acceptors (Lipinski definition) is 8. The number of carbonyl (C=O) groups excluding carboxylic acids is 2. The minimum Gasteiger partial charge on any atom is -0.458 e. The fourth-order valence-electron chi connectivity index (χ4n) is 4.40. The number of benzene rings is 1. The van der Waals surface area contributed by atoms with E-state index in [-0.39, 0.29) is 17.6 Å². The quantitative estimate of drug-likeness (QED) is 0.332. The smallest absolute Gasteiger partial charge is 0.348 e. The Morgan fingerprint density at radius 3 is 2.67 bits per heavy atom. The Labute approximate surface area is 216 Å². The molecule has 1 unspecified atom stereocenters. The second kappa shape index (κ2) is 10.3. The van der Waals surface area contributed by atoms with E-state index in [1.54, 1.807) is 13.8 Å². The third-order valence-corrected chi connectivity index (χ3v) is 8.43. The summed E-state index contributed by atoms with van der Waals surface area (Å²) in [6.45, 7) is 3.37. The molecular formula is C26H26N4O4S2. The van der Waals surface area contributed by atoms with Crippen LogP contribution in [-0.2, 0) is 9.53 Å². The lowest BCUT2D eigenvalue weighted by Crippen LogP contribution is -2.31. The summed E-state index contributed by atoms with van der Waals surface area (Å²) < 4.78 is 7.00. The van der Waals surface area contributed by atoms with Gasteiger partial charge in [0, 0.05) is 10.9 Å². The van der Waals surface area contributed by atoms with E-state index in [1.807, 2.05) is 35.7 Å². The molecule has 8 nitrogen and oxygen atoms in total. The van der Waals surface area contributed by atoms with Crippen LogP contribution in [0.2, 0.25) is 0 Å². The molecule has 5 rings (SSSR count). The van der Waals surface area contributed by atoms with Crippen LogP contribution in [0.3, 0.4) is 0 Å². The molecule has 0 aliphatic heterocycles. The zero-order valence-electron chi connectivity index (χ0n) is 20.0. The van der Waals surface area contributed by atoms with Crippen molar-refractivity contribution in [3.8, 4) is 11.3 Å². The summed E-state index contributed by atoms with van der Waals surface area (Å²) in [5.41, 5.74) is 1.91. The van der Waals surface area contributed by atoms with Gasteiger partial charge in [-0.05, 0) is 45.1 Å². The van der Waals surface area contributed by atoms with Crippen molar-refractivity contribution in [1.29, 1.82) is 0 Å². The SMILES string of the molecule is Cc1c(C(=O)OC2CCCCC2)sc2ncn(C(C)C(=O)Nc3nc(-c4ccccc4)cs3)c(=O)c12. The summed E-state index contributed by atoms with van der Waals surface area (Å²) in [6, 6.07) is 8.87. The van der Waals surface area contributed by atoms with Gasteiger partial charge < -0.3 is 10.1 Å². The highest BCUT2D eigenvalue weighted by Crippen LogP contribution is 2.30. The van der Waals surface area contributed by atoms with Gasteiger partial charge >= 0.3 is 5.97 Å². The molecule has 1 amide bonds. The van der Waals surface area contributed by atoms with Crippen molar-refractivity contribution in [2.24, 2.45) is 0 Å². The zero-order valence-corrected chi connectivity index (χ0v) is 21.7. The van der Waals surface area contributed by atoms with Gasteiger partial charge in [-0.15, -0.1) is 22.7 Å². The van der Waals surface area contributed by atoms with Crippen LogP contribution >= 0.6 is 22.7 Å². The monoisotopic (exact) mass is 522 g/mol. The summed E-state index contributed by atoms with van der Waals surface area (Å²) in [7, 11) is 0. The van der Waals surface area contributed by atoms with Crippen LogP contribution in [0.5, 0.6) is 0 Å². The molecule has 10 heteroatoms. The highest BCUT2D eigenvalue weighted by molar-refractivity contribution is 7.20. The summed E-state index contributed by atoms with van der Waals surface area (Å²) in [5.74, 6) is -0.783. The Hall–Kier alpha value is -3.37. The number of aryl methyl sites for hydroxylation is 1. The molecular weight excluding hydrogens is 496 g/mol. The predicted octanol–water partition coefficient (Wildman–Crippen LogP) is 5.58. The summed E-state index contributed by atoms with van der Waals surface area (Å²) in [4.78, 5) is 48.9. The highest BCUT2D eigenvalue weighted by Gasteiger charge is 2.26. The number of nitrogens with zero attached hydrogens (tertiary/aromatic N) is 3. The lowest BCUT2D eigenvalue weighted by molar-refractivity contribution is -0.118. The van der Waals surface area contributed by atoms with Gasteiger partial charge in [0.05, 0.1) is 17.4 Å². The van der Waals surface area contributed by atoms with Gasteiger partial charge in [0.15, 0.2) is 5.13 Å². The number of hydrogen-bond donors (Lipinski definition) is 1. The third-order valence-electron chi connectivity index (χ3n) is 6.49. The number of fused-ring (bicyclic) bond motifs is 1. The van der Waals surface area contributed by atoms with Crippen molar-refractivity contribution in [3.05, 3.63) is 62.8 Å². The highest BCUT2D eigenvalue weighted by atomic mass is 32.1. The van der Waals surface area contributed by atoms with E-state index >= 15 is 0 Å². The van der Waals surface area contributed by atoms with E-state index in [1.165, 1.54) is 28.7 Å². The van der Waals surface area contributed by atoms with Crippen LogP contribution in [0.25, 0.3) is 21.5 Å². The Bertz CT molecular complexity index is 1470. The fourth-order valence-corrected chi connectivity index (χ4v) is 6.15. The maximum atomic E-state index is 13.3. The van der Waals surface area contributed by atoms with Gasteiger partial charge in [0.1, 0.15) is 21.9 Å². The molecule has 3 heterocycles. The number of thiophene rings is 1. The van der Waals surface area contributed by atoms with E-state index in [2.05, 4.69) is 15.3 Å². The van der Waals surface area contributed by atoms with E-state index < -0.39 is 12.0 Å².